The van der Waals surface area contributed by atoms with Gasteiger partial charge in [0.15, 0.2) is 5.71 Å². The number of allylic oxidation sites excluding steroid dienone is 8. The van der Waals surface area contributed by atoms with Crippen molar-refractivity contribution in [3.63, 3.8) is 0 Å². The van der Waals surface area contributed by atoms with Gasteiger partial charge >= 0.3 is 0 Å². The lowest BCUT2D eigenvalue weighted by atomic mass is 9.81. The second-order valence-electron chi connectivity index (χ2n) is 18.5. The van der Waals surface area contributed by atoms with Crippen LogP contribution in [-0.4, -0.2) is 106 Å². The van der Waals surface area contributed by atoms with Crippen molar-refractivity contribution >= 4 is 77.1 Å². The Bertz CT molecular complexity index is 3270. The van der Waals surface area contributed by atoms with Gasteiger partial charge in [-0.05, 0) is 136 Å². The van der Waals surface area contributed by atoms with Crippen molar-refractivity contribution < 1.29 is 82.6 Å². The second-order valence-corrected chi connectivity index (χ2v) is 24.6. The molecule has 0 unspecified atom stereocenters. The van der Waals surface area contributed by atoms with Crippen molar-refractivity contribution in [2.24, 2.45) is 0 Å². The van der Waals surface area contributed by atoms with E-state index in [1.807, 2.05) is 69.0 Å². The Hall–Kier alpha value is -4.91. The van der Waals surface area contributed by atoms with Crippen LogP contribution in [0, 0.1) is 0 Å². The highest BCUT2D eigenvalue weighted by atomic mass is 32.2. The Labute approximate surface area is 437 Å². The molecule has 74 heavy (non-hydrogen) atoms. The van der Waals surface area contributed by atoms with Crippen molar-refractivity contribution in [3.05, 3.63) is 119 Å². The van der Waals surface area contributed by atoms with Gasteiger partial charge in [-0.25, -0.2) is 10.5 Å². The van der Waals surface area contributed by atoms with Crippen molar-refractivity contribution in [1.82, 2.24) is 9.78 Å². The van der Waals surface area contributed by atoms with Crippen LogP contribution in [0.25, 0.3) is 11.3 Å². The monoisotopic (exact) mass is 1120 g/mol. The molecule has 3 heterocycles. The highest BCUT2D eigenvalue weighted by molar-refractivity contribution is 7.94. The molecule has 3 aliphatic rings. The Morgan fingerprint density at radius 1 is 0.757 bits per heavy atom. The summed E-state index contributed by atoms with van der Waals surface area (Å²) in [6.07, 6.45) is 9.74. The summed E-state index contributed by atoms with van der Waals surface area (Å²) >= 11 is 1.56. The van der Waals surface area contributed by atoms with Gasteiger partial charge in [-0.3, -0.25) is 13.7 Å². The molecule has 0 fully saturated rings. The minimum absolute atomic E-state index is 0.120. The predicted molar refractivity (Wildman–Crippen MR) is 276 cm³/mol. The molecule has 0 spiro atoms. The van der Waals surface area contributed by atoms with Crippen LogP contribution in [0.4, 0.5) is 11.4 Å². The van der Waals surface area contributed by atoms with Crippen LogP contribution in [0.5, 0.6) is 11.8 Å². The molecule has 6 N–H and O–H groups in total. The van der Waals surface area contributed by atoms with E-state index < -0.39 is 52.7 Å². The fraction of sp³-hybridized carbons (Fsp3) is 0.375. The maximum absolute atomic E-state index is 12.4. The van der Waals surface area contributed by atoms with Gasteiger partial charge in [0, 0.05) is 57.3 Å². The van der Waals surface area contributed by atoms with Gasteiger partial charge in [0.1, 0.15) is 12.1 Å². The number of hydrogen-bond acceptors (Lipinski definition) is 18. The van der Waals surface area contributed by atoms with E-state index in [0.717, 1.165) is 52.2 Å². The molecule has 1 aromatic heterocycles. The van der Waals surface area contributed by atoms with Crippen LogP contribution in [0.3, 0.4) is 0 Å². The molecule has 7 rings (SSSR count). The average Bonchev–Trinajstić information content (AvgIpc) is 4.00. The minimum atomic E-state index is -4.58. The van der Waals surface area contributed by atoms with Gasteiger partial charge in [-0.15, -0.1) is 13.8 Å². The summed E-state index contributed by atoms with van der Waals surface area (Å²) in [5.41, 5.74) is 5.85. The zero-order valence-corrected chi connectivity index (χ0v) is 44.9. The lowest BCUT2D eigenvalue weighted by Gasteiger charge is -2.27. The fourth-order valence-corrected chi connectivity index (χ4v) is 12.0. The molecule has 2 aliphatic heterocycles. The molecule has 0 radical (unpaired) electrons. The van der Waals surface area contributed by atoms with Crippen LogP contribution < -0.4 is 9.64 Å². The van der Waals surface area contributed by atoms with Gasteiger partial charge in [0.25, 0.3) is 30.4 Å². The van der Waals surface area contributed by atoms with Crippen molar-refractivity contribution in [2.45, 2.75) is 98.7 Å². The third-order valence-electron chi connectivity index (χ3n) is 13.0. The summed E-state index contributed by atoms with van der Waals surface area (Å²) in [4.78, 5) is 2.86. The first kappa shape index (κ1) is 56.8. The van der Waals surface area contributed by atoms with E-state index in [4.69, 9.17) is 24.7 Å². The number of fused-ring (bicyclic) bond motifs is 2. The number of aromatic hydroxyl groups is 1. The van der Waals surface area contributed by atoms with Crippen molar-refractivity contribution in [2.75, 3.05) is 36.1 Å². The highest BCUT2D eigenvalue weighted by Gasteiger charge is 2.45. The molecule has 1 aliphatic carbocycles. The van der Waals surface area contributed by atoms with Gasteiger partial charge in [-0.2, -0.15) is 34.5 Å². The molecule has 0 saturated heterocycles. The number of rotatable bonds is 24. The Balaban J connectivity index is 1.41. The van der Waals surface area contributed by atoms with E-state index in [2.05, 4.69) is 19.0 Å². The third-order valence-corrected chi connectivity index (χ3v) is 16.7. The molecular weight excluding hydrogens is 1060 g/mol. The molecular formula is C48H57N4O17S5+. The summed E-state index contributed by atoms with van der Waals surface area (Å²) in [6, 6.07) is 16.6. The second kappa shape index (κ2) is 23.1. The third kappa shape index (κ3) is 12.8. The number of benzene rings is 3. The first-order chi connectivity index (χ1) is 34.9. The van der Waals surface area contributed by atoms with E-state index in [0.29, 0.717) is 70.2 Å². The first-order valence-electron chi connectivity index (χ1n) is 23.2. The average molecular weight is 1120 g/mol. The number of ether oxygens (including phenoxy) is 1. The first-order valence-corrected chi connectivity index (χ1v) is 29.3. The van der Waals surface area contributed by atoms with E-state index in [1.165, 1.54) is 16.8 Å². The van der Waals surface area contributed by atoms with E-state index >= 15 is 0 Å². The number of aromatic nitrogens is 2. The number of unbranched alkanes of at least 4 members (excludes halogenated alkanes) is 2. The quantitative estimate of drug-likeness (QED) is 0.00951. The van der Waals surface area contributed by atoms with E-state index in [9.17, 15) is 44.0 Å². The van der Waals surface area contributed by atoms with Crippen LogP contribution in [0.1, 0.15) is 89.8 Å². The van der Waals surface area contributed by atoms with Gasteiger partial charge < -0.3 is 14.7 Å². The minimum Gasteiger partial charge on any atom is -0.493 e. The molecule has 0 bridgehead atoms. The molecule has 4 aromatic rings. The molecule has 0 atom stereocenters. The lowest BCUT2D eigenvalue weighted by molar-refractivity contribution is -0.438. The molecule has 0 saturated carbocycles. The molecule has 3 aromatic carbocycles. The normalized spacial score (nSPS) is 17.7. The summed E-state index contributed by atoms with van der Waals surface area (Å²) in [5.74, 6) is -0.994. The zero-order valence-electron chi connectivity index (χ0n) is 40.9. The smallest absolute Gasteiger partial charge is 0.294 e. The SMILES string of the molecule is CCOc1nn(-c2ccc(SOOO)cc2)c(O)c1C1=C(C=CC2=[N+](CCCCS(=O)(=O)O)c3ccc(SOOO)cc3C2(C)C)CCC1=C/C=C1/N(CCCCS(=O)(=O)O)c2ccc(S(=O)(=O)O)cc2C1(C)C. The summed E-state index contributed by atoms with van der Waals surface area (Å²) in [6.45, 7) is 10.5. The maximum atomic E-state index is 12.4. The molecule has 400 valence electrons. The van der Waals surface area contributed by atoms with Gasteiger partial charge in [0.2, 0.25) is 17.4 Å². The number of anilines is 1. The topological polar surface area (TPSA) is 294 Å². The Morgan fingerprint density at radius 2 is 1.41 bits per heavy atom. The maximum Gasteiger partial charge on any atom is 0.294 e. The summed E-state index contributed by atoms with van der Waals surface area (Å²) in [5, 5.41) is 42.2. The van der Waals surface area contributed by atoms with E-state index in [-0.39, 0.29) is 48.2 Å². The standard InChI is InChI=1S/C48H56N4O17S5/c1-6-65-45-44(46(53)52(49-45)33-15-17-34(18-16-33)70-68-66-54)43-31(13-23-41-47(2,3)37-29-35(71-69-67-55)19-21-39(37)50(41)25-7-9-27-72(56,57)58)11-12-32(43)14-24-42-48(4,5)38-30-36(74(62,63)64)20-22-40(38)51(42)26-8-10-28-73(59,60)61/h13-24,29-30H,6-12,25-28H2,1-5H3,(H5,54,55,56,57,58,59,60,61,62,63,64)/p+1/b32-14?,42-24+. The number of nitrogens with zero attached hydrogens (tertiary/aromatic N) is 4. The highest BCUT2D eigenvalue weighted by Crippen LogP contribution is 2.51. The lowest BCUT2D eigenvalue weighted by Crippen LogP contribution is -2.28. The van der Waals surface area contributed by atoms with Crippen molar-refractivity contribution in [1.29, 1.82) is 0 Å². The van der Waals surface area contributed by atoms with Gasteiger partial charge in [-0.1, -0.05) is 36.1 Å². The largest absolute Gasteiger partial charge is 0.493 e. The molecule has 26 heteroatoms. The van der Waals surface area contributed by atoms with E-state index in [1.54, 1.807) is 43.3 Å². The van der Waals surface area contributed by atoms with Crippen LogP contribution in [0.2, 0.25) is 0 Å². The zero-order chi connectivity index (χ0) is 53.8. The Kier molecular flexibility index (Phi) is 17.8. The molecule has 0 amide bonds. The van der Waals surface area contributed by atoms with Crippen LogP contribution in [0.15, 0.2) is 116 Å². The van der Waals surface area contributed by atoms with Gasteiger partial charge in [0.05, 0.1) is 58.2 Å². The van der Waals surface area contributed by atoms with Crippen LogP contribution in [-0.2, 0) is 59.9 Å². The fourth-order valence-electron chi connectivity index (χ4n) is 9.63. The summed E-state index contributed by atoms with van der Waals surface area (Å²) < 4.78 is 119. The summed E-state index contributed by atoms with van der Waals surface area (Å²) in [7, 11) is -13.0. The Morgan fingerprint density at radius 3 is 2.04 bits per heavy atom. The molecule has 21 nitrogen and oxygen atoms in total. The number of hydrogen-bond donors (Lipinski definition) is 6. The van der Waals surface area contributed by atoms with Crippen LogP contribution >= 0.6 is 24.1 Å². The predicted octanol–water partition coefficient (Wildman–Crippen LogP) is 9.20. The van der Waals surface area contributed by atoms with Crippen molar-refractivity contribution in [3.8, 4) is 17.4 Å².